The van der Waals surface area contributed by atoms with E-state index < -0.39 is 12.1 Å². The number of aliphatic carboxylic acids is 1. The Labute approximate surface area is 216 Å². The molecule has 3 heterocycles. The number of alkyl halides is 3. The maximum absolute atomic E-state index is 12.5. The van der Waals surface area contributed by atoms with Crippen molar-refractivity contribution in [2.24, 2.45) is 5.92 Å². The molecule has 1 aliphatic carbocycles. The van der Waals surface area contributed by atoms with Gasteiger partial charge in [0.25, 0.3) is 5.91 Å². The average molecular weight is 529 g/mol. The molecule has 2 aliphatic rings. The van der Waals surface area contributed by atoms with Crippen LogP contribution < -0.4 is 10.6 Å². The quantitative estimate of drug-likeness (QED) is 0.371. The number of H-pyrrole nitrogens is 1. The highest BCUT2D eigenvalue weighted by molar-refractivity contribution is 5.98. The van der Waals surface area contributed by atoms with E-state index >= 15 is 0 Å². The second-order valence-corrected chi connectivity index (χ2v) is 9.22. The number of aromatic amines is 1. The fourth-order valence-corrected chi connectivity index (χ4v) is 4.54. The van der Waals surface area contributed by atoms with Gasteiger partial charge in [0.2, 0.25) is 5.91 Å². The minimum Gasteiger partial charge on any atom is -0.475 e. The number of carbonyl (C=O) groups excluding carboxylic acids is 2. The summed E-state index contributed by atoms with van der Waals surface area (Å²) >= 11 is 0. The van der Waals surface area contributed by atoms with E-state index in [4.69, 9.17) is 9.90 Å². The van der Waals surface area contributed by atoms with Crippen molar-refractivity contribution in [2.45, 2.75) is 44.7 Å². The summed E-state index contributed by atoms with van der Waals surface area (Å²) in [5.41, 5.74) is 6.25. The molecule has 38 heavy (non-hydrogen) atoms. The number of benzene rings is 1. The number of amides is 2. The zero-order valence-electron chi connectivity index (χ0n) is 20.4. The molecule has 3 aromatic rings. The minimum atomic E-state index is -5.08. The molecular weight excluding hydrogens is 501 g/mol. The van der Waals surface area contributed by atoms with Crippen molar-refractivity contribution in [3.05, 3.63) is 59.9 Å². The first kappa shape index (κ1) is 26.9. The minimum absolute atomic E-state index is 0.0242. The number of aromatic nitrogens is 2. The van der Waals surface area contributed by atoms with Gasteiger partial charge in [-0.2, -0.15) is 13.2 Å². The lowest BCUT2D eigenvalue weighted by Crippen LogP contribution is -2.31. The number of hydrogen-bond acceptors (Lipinski definition) is 4. The first-order chi connectivity index (χ1) is 18.1. The first-order valence-corrected chi connectivity index (χ1v) is 12.3. The Morgan fingerprint density at radius 3 is 2.32 bits per heavy atom. The number of carbonyl (C=O) groups is 3. The summed E-state index contributed by atoms with van der Waals surface area (Å²) in [6.07, 6.45) is 3.02. The summed E-state index contributed by atoms with van der Waals surface area (Å²) in [5.74, 6) is -2.51. The lowest BCUT2D eigenvalue weighted by molar-refractivity contribution is -0.192. The van der Waals surface area contributed by atoms with E-state index in [1.807, 2.05) is 42.5 Å². The topological polar surface area (TPSA) is 124 Å². The summed E-state index contributed by atoms with van der Waals surface area (Å²) in [5, 5.41) is 13.1. The Balaban J connectivity index is 0.000000426. The van der Waals surface area contributed by atoms with Gasteiger partial charge in [0.15, 0.2) is 0 Å². The Hall–Kier alpha value is -4.15. The third kappa shape index (κ3) is 6.58. The molecule has 2 aromatic heterocycles. The van der Waals surface area contributed by atoms with Crippen LogP contribution in [0, 0.1) is 5.92 Å². The predicted octanol–water partition coefficient (Wildman–Crippen LogP) is 5.18. The first-order valence-electron chi connectivity index (χ1n) is 12.3. The van der Waals surface area contributed by atoms with Crippen LogP contribution in [0.1, 0.15) is 48.2 Å². The van der Waals surface area contributed by atoms with Crippen LogP contribution in [0.5, 0.6) is 0 Å². The molecule has 11 heteroatoms. The molecule has 1 fully saturated rings. The maximum atomic E-state index is 12.5. The largest absolute Gasteiger partial charge is 0.490 e. The van der Waals surface area contributed by atoms with E-state index in [0.717, 1.165) is 71.6 Å². The monoisotopic (exact) mass is 528 g/mol. The van der Waals surface area contributed by atoms with Crippen molar-refractivity contribution in [3.8, 4) is 22.5 Å². The van der Waals surface area contributed by atoms with E-state index in [2.05, 4.69) is 20.6 Å². The van der Waals surface area contributed by atoms with Crippen LogP contribution in [0.2, 0.25) is 0 Å². The second-order valence-electron chi connectivity index (χ2n) is 9.22. The van der Waals surface area contributed by atoms with E-state index in [0.29, 0.717) is 6.54 Å². The highest BCUT2D eigenvalue weighted by Gasteiger charge is 2.38. The number of halogens is 3. The zero-order chi connectivity index (χ0) is 27.3. The van der Waals surface area contributed by atoms with Gasteiger partial charge in [-0.1, -0.05) is 31.4 Å². The van der Waals surface area contributed by atoms with Crippen molar-refractivity contribution >= 4 is 23.5 Å². The van der Waals surface area contributed by atoms with E-state index in [9.17, 15) is 22.8 Å². The van der Waals surface area contributed by atoms with Gasteiger partial charge in [0.1, 0.15) is 0 Å². The molecule has 4 N–H and O–H groups in total. The molecule has 0 unspecified atom stereocenters. The Kier molecular flexibility index (Phi) is 8.13. The van der Waals surface area contributed by atoms with Crippen molar-refractivity contribution < 1.29 is 32.7 Å². The molecule has 5 rings (SSSR count). The summed E-state index contributed by atoms with van der Waals surface area (Å²) in [7, 11) is 0. The summed E-state index contributed by atoms with van der Waals surface area (Å²) in [4.78, 5) is 41.3. The number of hydrogen-bond donors (Lipinski definition) is 4. The van der Waals surface area contributed by atoms with E-state index in [1.165, 1.54) is 6.42 Å². The number of nitrogens with zero attached hydrogens (tertiary/aromatic N) is 1. The Morgan fingerprint density at radius 1 is 1.00 bits per heavy atom. The predicted molar refractivity (Wildman–Crippen MR) is 134 cm³/mol. The average Bonchev–Trinajstić information content (AvgIpc) is 3.36. The van der Waals surface area contributed by atoms with Crippen molar-refractivity contribution in [1.82, 2.24) is 15.3 Å². The molecule has 8 nitrogen and oxygen atoms in total. The normalized spacial score (nSPS) is 15.5. The molecule has 0 saturated heterocycles. The second kappa shape index (κ2) is 11.5. The number of carboxylic acids is 1. The SMILES string of the molecule is O=C(O)C(F)(F)F.O=C1NCCc2[nH]c(-c3ccnc(-c4ccc(NC(=O)C5CCCCC5)cc4)c3)cc21. The number of fused-ring (bicyclic) bond motifs is 1. The highest BCUT2D eigenvalue weighted by Crippen LogP contribution is 2.29. The van der Waals surface area contributed by atoms with Gasteiger partial charge < -0.3 is 20.7 Å². The van der Waals surface area contributed by atoms with Gasteiger partial charge in [-0.05, 0) is 43.2 Å². The fraction of sp³-hybridized carbons (Fsp3) is 0.333. The molecule has 0 atom stereocenters. The number of carboxylic acid groups (broad SMARTS) is 1. The van der Waals surface area contributed by atoms with Gasteiger partial charge >= 0.3 is 12.1 Å². The number of anilines is 1. The molecular formula is C27H27F3N4O4. The number of rotatable bonds is 4. The van der Waals surface area contributed by atoms with Gasteiger partial charge in [0.05, 0.1) is 11.3 Å². The van der Waals surface area contributed by atoms with Crippen molar-refractivity contribution in [1.29, 1.82) is 0 Å². The molecule has 1 saturated carbocycles. The van der Waals surface area contributed by atoms with Gasteiger partial charge in [-0.3, -0.25) is 14.6 Å². The molecule has 200 valence electrons. The van der Waals surface area contributed by atoms with E-state index in [1.54, 1.807) is 6.20 Å². The third-order valence-corrected chi connectivity index (χ3v) is 6.54. The Morgan fingerprint density at radius 2 is 1.68 bits per heavy atom. The standard InChI is InChI=1S/C25H26N4O2.C2HF3O2/c30-24(17-4-2-1-3-5-17)28-19-8-6-16(7-9-19)22-14-18(10-12-26-22)23-15-20-21(29-23)11-13-27-25(20)31;3-2(4,5)1(6)7/h6-10,12,14-15,17,29H,1-5,11,13H2,(H,27,31)(H,28,30);(H,6,7). The van der Waals surface area contributed by atoms with Crippen LogP contribution in [-0.2, 0) is 16.0 Å². The van der Waals surface area contributed by atoms with Crippen LogP contribution in [0.15, 0.2) is 48.7 Å². The lowest BCUT2D eigenvalue weighted by Gasteiger charge is -2.20. The maximum Gasteiger partial charge on any atom is 0.490 e. The molecule has 0 radical (unpaired) electrons. The molecule has 0 spiro atoms. The number of pyridine rings is 1. The van der Waals surface area contributed by atoms with Gasteiger partial charge in [-0.15, -0.1) is 0 Å². The van der Waals surface area contributed by atoms with Crippen LogP contribution in [0.3, 0.4) is 0 Å². The highest BCUT2D eigenvalue weighted by atomic mass is 19.4. The molecule has 1 aliphatic heterocycles. The zero-order valence-corrected chi connectivity index (χ0v) is 20.4. The van der Waals surface area contributed by atoms with Crippen LogP contribution in [-0.4, -0.2) is 45.6 Å². The summed E-state index contributed by atoms with van der Waals surface area (Å²) in [6.45, 7) is 0.664. The lowest BCUT2D eigenvalue weighted by atomic mass is 9.88. The Bertz CT molecular complexity index is 1310. The summed E-state index contributed by atoms with van der Waals surface area (Å²) in [6, 6.07) is 13.7. The van der Waals surface area contributed by atoms with Crippen LogP contribution >= 0.6 is 0 Å². The smallest absolute Gasteiger partial charge is 0.475 e. The van der Waals surface area contributed by atoms with Gasteiger partial charge in [-0.25, -0.2) is 4.79 Å². The fourth-order valence-electron chi connectivity index (χ4n) is 4.54. The van der Waals surface area contributed by atoms with Gasteiger partial charge in [0, 0.05) is 53.3 Å². The van der Waals surface area contributed by atoms with Crippen molar-refractivity contribution in [2.75, 3.05) is 11.9 Å². The molecule has 1 aromatic carbocycles. The van der Waals surface area contributed by atoms with Crippen LogP contribution in [0.4, 0.5) is 18.9 Å². The van der Waals surface area contributed by atoms with E-state index in [-0.39, 0.29) is 17.7 Å². The third-order valence-electron chi connectivity index (χ3n) is 6.54. The molecule has 0 bridgehead atoms. The molecule has 2 amide bonds. The number of nitrogens with one attached hydrogen (secondary N) is 3. The summed E-state index contributed by atoms with van der Waals surface area (Å²) < 4.78 is 31.7. The van der Waals surface area contributed by atoms with Crippen LogP contribution in [0.25, 0.3) is 22.5 Å². The van der Waals surface area contributed by atoms with Crippen molar-refractivity contribution in [3.63, 3.8) is 0 Å².